The van der Waals surface area contributed by atoms with Crippen LogP contribution in [0.2, 0.25) is 13.1 Å². The van der Waals surface area contributed by atoms with E-state index in [1.54, 1.807) is 0 Å². The van der Waals surface area contributed by atoms with Crippen LogP contribution in [0.15, 0.2) is 0 Å². The van der Waals surface area contributed by atoms with Gasteiger partial charge in [-0.3, -0.25) is 0 Å². The minimum absolute atomic E-state index is 1.08. The zero-order valence-electron chi connectivity index (χ0n) is 8.10. The van der Waals surface area contributed by atoms with E-state index >= 15 is 0 Å². The van der Waals surface area contributed by atoms with Gasteiger partial charge in [0, 0.05) is 0 Å². The second-order valence-corrected chi connectivity index (χ2v) is 4.03. The van der Waals surface area contributed by atoms with E-state index in [1.807, 2.05) is 0 Å². The fraction of sp³-hybridized carbons (Fsp3) is 1.00. The summed E-state index contributed by atoms with van der Waals surface area (Å²) in [5, 5.41) is 0. The molecule has 1 rings (SSSR count). The van der Waals surface area contributed by atoms with Crippen LogP contribution in [0.4, 0.5) is 0 Å². The van der Waals surface area contributed by atoms with Crippen LogP contribution in [-0.2, 0) is 0 Å². The van der Waals surface area contributed by atoms with Gasteiger partial charge in [-0.2, -0.15) is 0 Å². The van der Waals surface area contributed by atoms with Crippen molar-refractivity contribution in [3.05, 3.63) is 0 Å². The standard InChI is InChI=1S/C10H21B/c1-3-5-10(8-11-2)9-6-4-7-9/h9-11H,3-8H2,1-2H3. The van der Waals surface area contributed by atoms with Gasteiger partial charge in [0.15, 0.2) is 0 Å². The van der Waals surface area contributed by atoms with Crippen molar-refractivity contribution in [2.45, 2.75) is 52.2 Å². The summed E-state index contributed by atoms with van der Waals surface area (Å²) in [6, 6.07) is 0. The Balaban J connectivity index is 2.19. The molecule has 0 saturated heterocycles. The molecule has 0 spiro atoms. The van der Waals surface area contributed by atoms with Gasteiger partial charge in [-0.1, -0.05) is 52.2 Å². The average Bonchev–Trinajstić information content (AvgIpc) is 1.85. The van der Waals surface area contributed by atoms with Crippen LogP contribution in [0.25, 0.3) is 0 Å². The first kappa shape index (κ1) is 9.16. The van der Waals surface area contributed by atoms with Crippen molar-refractivity contribution in [1.82, 2.24) is 0 Å². The normalized spacial score (nSPS) is 20.9. The van der Waals surface area contributed by atoms with Gasteiger partial charge in [0.1, 0.15) is 7.28 Å². The average molecular weight is 152 g/mol. The van der Waals surface area contributed by atoms with Crippen LogP contribution < -0.4 is 0 Å². The highest BCUT2D eigenvalue weighted by molar-refractivity contribution is 6.33. The zero-order valence-corrected chi connectivity index (χ0v) is 8.10. The van der Waals surface area contributed by atoms with Gasteiger partial charge in [-0.25, -0.2) is 0 Å². The molecule has 0 amide bonds. The largest absolute Gasteiger partial charge is 0.117 e. The predicted octanol–water partition coefficient (Wildman–Crippen LogP) is 3.11. The Hall–Kier alpha value is 0.0649. The van der Waals surface area contributed by atoms with Gasteiger partial charge in [0.2, 0.25) is 0 Å². The summed E-state index contributed by atoms with van der Waals surface area (Å²) < 4.78 is 0. The van der Waals surface area contributed by atoms with Gasteiger partial charge >= 0.3 is 0 Å². The summed E-state index contributed by atoms with van der Waals surface area (Å²) in [6.07, 6.45) is 8.93. The molecule has 1 aliphatic rings. The molecule has 0 heterocycles. The van der Waals surface area contributed by atoms with Gasteiger partial charge in [0.25, 0.3) is 0 Å². The molecule has 1 atom stereocenters. The summed E-state index contributed by atoms with van der Waals surface area (Å²) in [6.45, 7) is 4.64. The van der Waals surface area contributed by atoms with E-state index in [1.165, 1.54) is 45.7 Å². The highest BCUT2D eigenvalue weighted by atomic mass is 14.3. The third kappa shape index (κ3) is 2.54. The minimum atomic E-state index is 1.08. The first-order valence-electron chi connectivity index (χ1n) is 5.38. The molecule has 0 N–H and O–H groups in total. The van der Waals surface area contributed by atoms with Crippen molar-refractivity contribution in [1.29, 1.82) is 0 Å². The quantitative estimate of drug-likeness (QED) is 0.531. The first-order valence-corrected chi connectivity index (χ1v) is 5.38. The Kier molecular flexibility index (Phi) is 4.03. The monoisotopic (exact) mass is 152 g/mol. The van der Waals surface area contributed by atoms with Crippen LogP contribution >= 0.6 is 0 Å². The van der Waals surface area contributed by atoms with E-state index in [9.17, 15) is 0 Å². The van der Waals surface area contributed by atoms with Crippen molar-refractivity contribution in [3.8, 4) is 0 Å². The predicted molar refractivity (Wildman–Crippen MR) is 53.6 cm³/mol. The summed E-state index contributed by atoms with van der Waals surface area (Å²) >= 11 is 0. The Bertz CT molecular complexity index is 91.0. The molecule has 1 unspecified atom stereocenters. The Labute approximate surface area is 72.0 Å². The van der Waals surface area contributed by atoms with E-state index < -0.39 is 0 Å². The lowest BCUT2D eigenvalue weighted by atomic mass is 9.63. The first-order chi connectivity index (χ1) is 5.38. The summed E-state index contributed by atoms with van der Waals surface area (Å²) in [4.78, 5) is 0. The lowest BCUT2D eigenvalue weighted by Gasteiger charge is -2.33. The van der Waals surface area contributed by atoms with Gasteiger partial charge < -0.3 is 0 Å². The molecule has 11 heavy (non-hydrogen) atoms. The van der Waals surface area contributed by atoms with Crippen LogP contribution in [0.1, 0.15) is 39.0 Å². The van der Waals surface area contributed by atoms with Crippen LogP contribution in [0.3, 0.4) is 0 Å². The molecule has 1 fully saturated rings. The van der Waals surface area contributed by atoms with Gasteiger partial charge in [-0.05, 0) is 11.8 Å². The fourth-order valence-electron chi connectivity index (χ4n) is 2.27. The number of hydrogen-bond acceptors (Lipinski definition) is 0. The second kappa shape index (κ2) is 4.85. The lowest BCUT2D eigenvalue weighted by Crippen LogP contribution is -2.22. The van der Waals surface area contributed by atoms with Gasteiger partial charge in [0.05, 0.1) is 0 Å². The molecule has 0 aromatic rings. The molecule has 64 valence electrons. The molecule has 1 aliphatic carbocycles. The molecular weight excluding hydrogens is 131 g/mol. The molecule has 0 radical (unpaired) electrons. The van der Waals surface area contributed by atoms with Crippen molar-refractivity contribution < 1.29 is 0 Å². The third-order valence-corrected chi connectivity index (χ3v) is 3.14. The third-order valence-electron chi connectivity index (χ3n) is 3.14. The fourth-order valence-corrected chi connectivity index (χ4v) is 2.27. The molecule has 0 aromatic carbocycles. The highest BCUT2D eigenvalue weighted by Crippen LogP contribution is 2.37. The van der Waals surface area contributed by atoms with Crippen LogP contribution in [0, 0.1) is 11.8 Å². The molecule has 1 heteroatoms. The summed E-state index contributed by atoms with van der Waals surface area (Å²) in [7, 11) is 1.39. The van der Waals surface area contributed by atoms with E-state index in [0.29, 0.717) is 0 Å². The van der Waals surface area contributed by atoms with Crippen molar-refractivity contribution in [2.24, 2.45) is 11.8 Å². The molecule has 0 aromatic heterocycles. The minimum Gasteiger partial charge on any atom is -0.0893 e. The second-order valence-electron chi connectivity index (χ2n) is 4.03. The van der Waals surface area contributed by atoms with Crippen LogP contribution in [0.5, 0.6) is 0 Å². The Morgan fingerprint density at radius 1 is 1.45 bits per heavy atom. The maximum Gasteiger partial charge on any atom is 0.117 e. The smallest absolute Gasteiger partial charge is 0.0893 e. The van der Waals surface area contributed by atoms with E-state index in [4.69, 9.17) is 0 Å². The van der Waals surface area contributed by atoms with E-state index in [-0.39, 0.29) is 0 Å². The number of hydrogen-bond donors (Lipinski definition) is 0. The number of rotatable bonds is 5. The highest BCUT2D eigenvalue weighted by Gasteiger charge is 2.25. The molecule has 0 aliphatic heterocycles. The van der Waals surface area contributed by atoms with Crippen molar-refractivity contribution >= 4 is 7.28 Å². The van der Waals surface area contributed by atoms with Crippen LogP contribution in [-0.4, -0.2) is 7.28 Å². The van der Waals surface area contributed by atoms with E-state index in [0.717, 1.165) is 11.8 Å². The molecule has 1 saturated carbocycles. The molecule has 0 nitrogen and oxygen atoms in total. The topological polar surface area (TPSA) is 0 Å². The van der Waals surface area contributed by atoms with Crippen molar-refractivity contribution in [2.75, 3.05) is 0 Å². The summed E-state index contributed by atoms with van der Waals surface area (Å²) in [5.74, 6) is 2.20. The maximum atomic E-state index is 2.32. The Morgan fingerprint density at radius 2 is 2.18 bits per heavy atom. The summed E-state index contributed by atoms with van der Waals surface area (Å²) in [5.41, 5.74) is 0. The molecule has 0 bridgehead atoms. The zero-order chi connectivity index (χ0) is 8.10. The lowest BCUT2D eigenvalue weighted by molar-refractivity contribution is 0.209. The SMILES string of the molecule is CBCC(CCC)C1CCC1. The van der Waals surface area contributed by atoms with E-state index in [2.05, 4.69) is 13.7 Å². The Morgan fingerprint density at radius 3 is 2.55 bits per heavy atom. The van der Waals surface area contributed by atoms with Crippen molar-refractivity contribution in [3.63, 3.8) is 0 Å². The maximum absolute atomic E-state index is 2.32. The van der Waals surface area contributed by atoms with Gasteiger partial charge in [-0.15, -0.1) is 0 Å². The molecular formula is C10H21B.